The lowest BCUT2D eigenvalue weighted by atomic mass is 10.0. The van der Waals surface area contributed by atoms with Gasteiger partial charge < -0.3 is 10.6 Å². The van der Waals surface area contributed by atoms with E-state index < -0.39 is 11.6 Å². The molecule has 8 heteroatoms. The minimum absolute atomic E-state index is 0. The number of nitrogens with one attached hydrogen (secondary N) is 2. The molecule has 1 unspecified atom stereocenters. The van der Waals surface area contributed by atoms with Gasteiger partial charge in [-0.25, -0.2) is 8.78 Å². The average Bonchev–Trinajstić information content (AvgIpc) is 3.07. The summed E-state index contributed by atoms with van der Waals surface area (Å²) in [6.45, 7) is 4.02. The molecule has 4 nitrogen and oxygen atoms in total. The predicted molar refractivity (Wildman–Crippen MR) is 98.3 cm³/mol. The Balaban J connectivity index is 0.00000156. The third-order valence-electron chi connectivity index (χ3n) is 4.76. The van der Waals surface area contributed by atoms with Crippen LogP contribution in [0.15, 0.2) is 18.2 Å². The topological polar surface area (TPSA) is 44.4 Å². The number of carbonyl (C=O) groups is 1. The van der Waals surface area contributed by atoms with Gasteiger partial charge in [-0.15, -0.1) is 24.8 Å². The van der Waals surface area contributed by atoms with Crippen molar-refractivity contribution in [3.05, 3.63) is 35.4 Å². The highest BCUT2D eigenvalue weighted by molar-refractivity contribution is 5.85. The number of benzene rings is 1. The summed E-state index contributed by atoms with van der Waals surface area (Å²) in [4.78, 5) is 14.3. The zero-order valence-electron chi connectivity index (χ0n) is 14.0. The Bertz CT molecular complexity index is 563. The number of piperidine rings is 1. The molecule has 2 aliphatic heterocycles. The van der Waals surface area contributed by atoms with Gasteiger partial charge in [0.15, 0.2) is 11.6 Å². The Morgan fingerprint density at radius 3 is 2.48 bits per heavy atom. The van der Waals surface area contributed by atoms with Crippen LogP contribution in [0, 0.1) is 17.6 Å². The molecule has 1 atom stereocenters. The van der Waals surface area contributed by atoms with E-state index in [9.17, 15) is 13.6 Å². The summed E-state index contributed by atoms with van der Waals surface area (Å²) in [7, 11) is 0. The summed E-state index contributed by atoms with van der Waals surface area (Å²) < 4.78 is 26.2. The molecule has 2 saturated heterocycles. The lowest BCUT2D eigenvalue weighted by molar-refractivity contribution is -0.125. The average molecular weight is 396 g/mol. The molecule has 3 rings (SSSR count). The number of rotatable bonds is 4. The van der Waals surface area contributed by atoms with Crippen LogP contribution in [0.1, 0.15) is 24.8 Å². The zero-order valence-corrected chi connectivity index (χ0v) is 15.6. The van der Waals surface area contributed by atoms with Gasteiger partial charge >= 0.3 is 0 Å². The van der Waals surface area contributed by atoms with Crippen molar-refractivity contribution in [2.24, 2.45) is 5.92 Å². The Morgan fingerprint density at radius 2 is 1.88 bits per heavy atom. The highest BCUT2D eigenvalue weighted by Crippen LogP contribution is 2.17. The van der Waals surface area contributed by atoms with Gasteiger partial charge in [0.1, 0.15) is 0 Å². The van der Waals surface area contributed by atoms with Crippen LogP contribution >= 0.6 is 24.8 Å². The van der Waals surface area contributed by atoms with E-state index in [4.69, 9.17) is 0 Å². The Hall–Kier alpha value is -0.950. The molecule has 0 radical (unpaired) electrons. The number of likely N-dealkylation sites (tertiary alicyclic amines) is 1. The smallest absolute Gasteiger partial charge is 0.224 e. The summed E-state index contributed by atoms with van der Waals surface area (Å²) in [6, 6.07) is 4.28. The van der Waals surface area contributed by atoms with Crippen molar-refractivity contribution in [1.29, 1.82) is 0 Å². The Morgan fingerprint density at radius 1 is 1.16 bits per heavy atom. The molecule has 2 aliphatic rings. The fourth-order valence-electron chi connectivity index (χ4n) is 3.33. The molecule has 2 fully saturated rings. The molecule has 142 valence electrons. The van der Waals surface area contributed by atoms with Gasteiger partial charge in [-0.3, -0.25) is 9.69 Å². The first-order valence-corrected chi connectivity index (χ1v) is 8.29. The molecule has 0 spiro atoms. The third-order valence-corrected chi connectivity index (χ3v) is 4.76. The van der Waals surface area contributed by atoms with E-state index in [2.05, 4.69) is 15.5 Å². The van der Waals surface area contributed by atoms with Crippen LogP contribution in [-0.2, 0) is 11.3 Å². The molecule has 2 heterocycles. The van der Waals surface area contributed by atoms with Crippen LogP contribution in [0.5, 0.6) is 0 Å². The first-order valence-electron chi connectivity index (χ1n) is 8.29. The lowest BCUT2D eigenvalue weighted by Gasteiger charge is -2.32. The lowest BCUT2D eigenvalue weighted by Crippen LogP contribution is -2.46. The van der Waals surface area contributed by atoms with Gasteiger partial charge in [-0.05, 0) is 43.5 Å². The Labute approximate surface area is 159 Å². The van der Waals surface area contributed by atoms with Crippen LogP contribution < -0.4 is 10.6 Å². The number of nitrogens with zero attached hydrogens (tertiary/aromatic N) is 1. The summed E-state index contributed by atoms with van der Waals surface area (Å²) >= 11 is 0. The van der Waals surface area contributed by atoms with Gasteiger partial charge in [-0.1, -0.05) is 6.07 Å². The van der Waals surface area contributed by atoms with E-state index in [1.165, 1.54) is 12.1 Å². The molecular formula is C17H25Cl2F2N3O. The van der Waals surface area contributed by atoms with Crippen LogP contribution in [0.2, 0.25) is 0 Å². The maximum atomic E-state index is 13.2. The van der Waals surface area contributed by atoms with Crippen molar-refractivity contribution in [2.45, 2.75) is 31.8 Å². The van der Waals surface area contributed by atoms with E-state index in [1.54, 1.807) is 6.07 Å². The molecule has 25 heavy (non-hydrogen) atoms. The monoisotopic (exact) mass is 395 g/mol. The summed E-state index contributed by atoms with van der Waals surface area (Å²) in [6.07, 6.45) is 2.71. The van der Waals surface area contributed by atoms with Crippen molar-refractivity contribution in [3.63, 3.8) is 0 Å². The summed E-state index contributed by atoms with van der Waals surface area (Å²) in [5.74, 6) is -1.34. The minimum Gasteiger partial charge on any atom is -0.353 e. The number of hydrogen-bond acceptors (Lipinski definition) is 3. The van der Waals surface area contributed by atoms with E-state index in [-0.39, 0.29) is 42.7 Å². The van der Waals surface area contributed by atoms with Crippen molar-refractivity contribution < 1.29 is 13.6 Å². The first kappa shape index (κ1) is 22.1. The highest BCUT2D eigenvalue weighted by Gasteiger charge is 2.26. The summed E-state index contributed by atoms with van der Waals surface area (Å²) in [5.41, 5.74) is 0.781. The summed E-state index contributed by atoms with van der Waals surface area (Å²) in [5, 5.41) is 6.35. The number of amides is 1. The number of halogens is 4. The van der Waals surface area contributed by atoms with Crippen molar-refractivity contribution in [1.82, 2.24) is 15.5 Å². The van der Waals surface area contributed by atoms with Gasteiger partial charge in [0.2, 0.25) is 5.91 Å². The molecule has 2 N–H and O–H groups in total. The SMILES string of the molecule is Cl.Cl.O=C(NC1CCN(Cc2ccc(F)c(F)c2)CC1)C1CCNC1. The van der Waals surface area contributed by atoms with E-state index in [0.29, 0.717) is 6.54 Å². The zero-order chi connectivity index (χ0) is 16.2. The van der Waals surface area contributed by atoms with Crippen molar-refractivity contribution in [3.8, 4) is 0 Å². The molecule has 0 bridgehead atoms. The molecule has 1 aromatic carbocycles. The van der Waals surface area contributed by atoms with E-state index in [0.717, 1.165) is 51.0 Å². The van der Waals surface area contributed by atoms with Crippen LogP contribution in [-0.4, -0.2) is 43.0 Å². The van der Waals surface area contributed by atoms with Crippen LogP contribution in [0.4, 0.5) is 8.78 Å². The maximum absolute atomic E-state index is 13.2. The quantitative estimate of drug-likeness (QED) is 0.822. The second kappa shape index (κ2) is 10.3. The van der Waals surface area contributed by atoms with Crippen LogP contribution in [0.3, 0.4) is 0 Å². The normalized spacial score (nSPS) is 21.3. The predicted octanol–water partition coefficient (Wildman–Crippen LogP) is 2.50. The molecule has 0 aromatic heterocycles. The van der Waals surface area contributed by atoms with Gasteiger partial charge in [0.05, 0.1) is 5.92 Å². The highest BCUT2D eigenvalue weighted by atomic mass is 35.5. The molecular weight excluding hydrogens is 371 g/mol. The van der Waals surface area contributed by atoms with Crippen LogP contribution in [0.25, 0.3) is 0 Å². The van der Waals surface area contributed by atoms with E-state index in [1.807, 2.05) is 0 Å². The molecule has 0 saturated carbocycles. The second-order valence-corrected chi connectivity index (χ2v) is 6.50. The standard InChI is InChI=1S/C17H23F2N3O.2ClH/c18-15-2-1-12(9-16(15)19)11-22-7-4-14(5-8-22)21-17(23)13-3-6-20-10-13;;/h1-2,9,13-14,20H,3-8,10-11H2,(H,21,23);2*1H. The van der Waals surface area contributed by atoms with Gasteiger partial charge in [-0.2, -0.15) is 0 Å². The minimum atomic E-state index is -0.809. The van der Waals surface area contributed by atoms with Crippen molar-refractivity contribution >= 4 is 30.7 Å². The number of carbonyl (C=O) groups excluding carboxylic acids is 1. The molecule has 1 aromatic rings. The first-order chi connectivity index (χ1) is 11.1. The van der Waals surface area contributed by atoms with Crippen molar-refractivity contribution in [2.75, 3.05) is 26.2 Å². The number of hydrogen-bond donors (Lipinski definition) is 2. The van der Waals surface area contributed by atoms with E-state index >= 15 is 0 Å². The Kier molecular flexibility index (Phi) is 9.07. The van der Waals surface area contributed by atoms with Gasteiger partial charge in [0.25, 0.3) is 0 Å². The molecule has 1 amide bonds. The fourth-order valence-corrected chi connectivity index (χ4v) is 3.33. The second-order valence-electron chi connectivity index (χ2n) is 6.50. The van der Waals surface area contributed by atoms with Gasteiger partial charge in [0, 0.05) is 32.2 Å². The molecule has 0 aliphatic carbocycles. The third kappa shape index (κ3) is 6.06. The fraction of sp³-hybridized carbons (Fsp3) is 0.588. The largest absolute Gasteiger partial charge is 0.353 e. The maximum Gasteiger partial charge on any atom is 0.224 e.